The van der Waals surface area contributed by atoms with Crippen LogP contribution in [0, 0.1) is 0 Å². The lowest BCUT2D eigenvalue weighted by atomic mass is 10.2. The van der Waals surface area contributed by atoms with Gasteiger partial charge in [-0.2, -0.15) is 0 Å². The fourth-order valence-electron chi connectivity index (χ4n) is 1.82. The molecule has 0 spiro atoms. The minimum absolute atomic E-state index is 0.0431. The smallest absolute Gasteiger partial charge is 0.317 e. The molecule has 1 aliphatic rings. The van der Waals surface area contributed by atoms with Crippen LogP contribution in [-0.2, 0) is 0 Å². The molecule has 0 saturated carbocycles. The Kier molecular flexibility index (Phi) is 4.28. The van der Waals surface area contributed by atoms with E-state index in [1.165, 1.54) is 0 Å². The molecule has 5 nitrogen and oxygen atoms in total. The molecule has 1 N–H and O–H groups in total. The molecule has 1 saturated heterocycles. The van der Waals surface area contributed by atoms with Crippen LogP contribution in [-0.4, -0.2) is 43.8 Å². The molecular weight excluding hydrogens is 244 g/mol. The highest BCUT2D eigenvalue weighted by Gasteiger charge is 2.32. The van der Waals surface area contributed by atoms with Crippen LogP contribution < -0.4 is 14.8 Å². The van der Waals surface area contributed by atoms with Crippen molar-refractivity contribution in [3.05, 3.63) is 36.9 Å². The Hall–Kier alpha value is -2.17. The van der Waals surface area contributed by atoms with E-state index in [9.17, 15) is 4.79 Å². The highest BCUT2D eigenvalue weighted by Crippen LogP contribution is 2.22. The van der Waals surface area contributed by atoms with Crippen molar-refractivity contribution in [1.82, 2.24) is 10.2 Å². The van der Waals surface area contributed by atoms with Gasteiger partial charge in [0.25, 0.3) is 0 Å². The Bertz CT molecular complexity index is 456. The zero-order chi connectivity index (χ0) is 13.7. The number of carbonyl (C=O) groups is 1. The summed E-state index contributed by atoms with van der Waals surface area (Å²) >= 11 is 0. The Morgan fingerprint density at radius 3 is 2.95 bits per heavy atom. The quantitative estimate of drug-likeness (QED) is 0.821. The Labute approximate surface area is 112 Å². The summed E-state index contributed by atoms with van der Waals surface area (Å²) in [4.78, 5) is 13.3. The summed E-state index contributed by atoms with van der Waals surface area (Å²) < 4.78 is 10.9. The van der Waals surface area contributed by atoms with Gasteiger partial charge in [-0.05, 0) is 12.1 Å². The maximum Gasteiger partial charge on any atom is 0.317 e. The van der Waals surface area contributed by atoms with Crippen LogP contribution in [0.3, 0.4) is 0 Å². The number of hydrogen-bond donors (Lipinski definition) is 1. The van der Waals surface area contributed by atoms with Gasteiger partial charge in [-0.3, -0.25) is 0 Å². The number of amides is 2. The molecule has 0 radical (unpaired) electrons. The number of benzene rings is 1. The van der Waals surface area contributed by atoms with Gasteiger partial charge in [-0.15, -0.1) is 6.58 Å². The molecule has 1 aromatic carbocycles. The summed E-state index contributed by atoms with van der Waals surface area (Å²) in [7, 11) is 1.62. The van der Waals surface area contributed by atoms with Crippen LogP contribution in [0.4, 0.5) is 4.79 Å². The van der Waals surface area contributed by atoms with E-state index in [1.807, 2.05) is 24.3 Å². The van der Waals surface area contributed by atoms with Crippen molar-refractivity contribution >= 4 is 6.03 Å². The second-order valence-corrected chi connectivity index (χ2v) is 4.30. The summed E-state index contributed by atoms with van der Waals surface area (Å²) in [6, 6.07) is 7.37. The molecule has 102 valence electrons. The van der Waals surface area contributed by atoms with Gasteiger partial charge in [0.05, 0.1) is 20.2 Å². The molecular formula is C14H18N2O3. The van der Waals surface area contributed by atoms with E-state index in [1.54, 1.807) is 18.1 Å². The van der Waals surface area contributed by atoms with Crippen molar-refractivity contribution in [3.8, 4) is 11.5 Å². The van der Waals surface area contributed by atoms with Crippen molar-refractivity contribution < 1.29 is 14.3 Å². The van der Waals surface area contributed by atoms with E-state index < -0.39 is 0 Å². The van der Waals surface area contributed by atoms with Gasteiger partial charge in [0, 0.05) is 12.6 Å². The molecule has 19 heavy (non-hydrogen) atoms. The zero-order valence-corrected chi connectivity index (χ0v) is 11.0. The van der Waals surface area contributed by atoms with Crippen molar-refractivity contribution in [1.29, 1.82) is 0 Å². The standard InChI is InChI=1S/C14H18N2O3/c1-3-7-15-14(17)16-9-13(10-16)19-12-6-4-5-11(8-12)18-2/h3-6,8,13H,1,7,9-10H2,2H3,(H,15,17). The first kappa shape index (κ1) is 13.3. The molecule has 0 unspecified atom stereocenters. The maximum absolute atomic E-state index is 11.6. The maximum atomic E-state index is 11.6. The Morgan fingerprint density at radius 2 is 2.26 bits per heavy atom. The summed E-state index contributed by atoms with van der Waals surface area (Å²) in [5, 5.41) is 2.73. The van der Waals surface area contributed by atoms with E-state index in [2.05, 4.69) is 11.9 Å². The van der Waals surface area contributed by atoms with Gasteiger partial charge in [-0.1, -0.05) is 12.1 Å². The molecule has 0 atom stereocenters. The van der Waals surface area contributed by atoms with E-state index in [0.29, 0.717) is 19.6 Å². The average molecular weight is 262 g/mol. The zero-order valence-electron chi connectivity index (χ0n) is 11.0. The fraction of sp³-hybridized carbons (Fsp3) is 0.357. The Balaban J connectivity index is 1.78. The third-order valence-corrected chi connectivity index (χ3v) is 2.88. The Morgan fingerprint density at radius 1 is 1.53 bits per heavy atom. The summed E-state index contributed by atoms with van der Waals surface area (Å²) in [5.41, 5.74) is 0. The SMILES string of the molecule is C=CCNC(=O)N1CC(Oc2cccc(OC)c2)C1. The summed E-state index contributed by atoms with van der Waals surface area (Å²) in [6.07, 6.45) is 1.70. The number of ether oxygens (including phenoxy) is 2. The van der Waals surface area contributed by atoms with Crippen LogP contribution in [0.2, 0.25) is 0 Å². The predicted octanol–water partition coefficient (Wildman–Crippen LogP) is 1.65. The number of nitrogens with zero attached hydrogens (tertiary/aromatic N) is 1. The van der Waals surface area contributed by atoms with Crippen LogP contribution >= 0.6 is 0 Å². The predicted molar refractivity (Wildman–Crippen MR) is 72.6 cm³/mol. The highest BCUT2D eigenvalue weighted by molar-refractivity contribution is 5.75. The van der Waals surface area contributed by atoms with Gasteiger partial charge in [-0.25, -0.2) is 4.79 Å². The minimum Gasteiger partial charge on any atom is -0.497 e. The number of carbonyl (C=O) groups excluding carboxylic acids is 1. The van der Waals surface area contributed by atoms with Crippen LogP contribution in [0.15, 0.2) is 36.9 Å². The first-order chi connectivity index (χ1) is 9.22. The molecule has 1 fully saturated rings. The van der Waals surface area contributed by atoms with Crippen LogP contribution in [0.5, 0.6) is 11.5 Å². The second-order valence-electron chi connectivity index (χ2n) is 4.30. The van der Waals surface area contributed by atoms with Crippen molar-refractivity contribution in [2.45, 2.75) is 6.10 Å². The molecule has 0 bridgehead atoms. The molecule has 2 amide bonds. The highest BCUT2D eigenvalue weighted by atomic mass is 16.5. The van der Waals surface area contributed by atoms with E-state index in [-0.39, 0.29) is 12.1 Å². The van der Waals surface area contributed by atoms with Gasteiger partial charge in [0.2, 0.25) is 0 Å². The topological polar surface area (TPSA) is 50.8 Å². The number of urea groups is 1. The largest absolute Gasteiger partial charge is 0.497 e. The molecule has 1 aromatic rings. The number of hydrogen-bond acceptors (Lipinski definition) is 3. The van der Waals surface area contributed by atoms with Crippen molar-refractivity contribution in [2.75, 3.05) is 26.7 Å². The lowest BCUT2D eigenvalue weighted by Gasteiger charge is -2.38. The third-order valence-electron chi connectivity index (χ3n) is 2.88. The van der Waals surface area contributed by atoms with Gasteiger partial charge in [0.1, 0.15) is 17.6 Å². The minimum atomic E-state index is -0.0783. The van der Waals surface area contributed by atoms with Crippen molar-refractivity contribution in [3.63, 3.8) is 0 Å². The van der Waals surface area contributed by atoms with E-state index in [4.69, 9.17) is 9.47 Å². The third kappa shape index (κ3) is 3.40. The van der Waals surface area contributed by atoms with Gasteiger partial charge < -0.3 is 19.7 Å². The summed E-state index contributed by atoms with van der Waals surface area (Å²) in [6.45, 7) is 5.23. The van der Waals surface area contributed by atoms with Crippen molar-refractivity contribution in [2.24, 2.45) is 0 Å². The number of likely N-dealkylation sites (tertiary alicyclic amines) is 1. The molecule has 0 aliphatic carbocycles. The van der Waals surface area contributed by atoms with E-state index >= 15 is 0 Å². The number of methoxy groups -OCH3 is 1. The average Bonchev–Trinajstić information content (AvgIpc) is 2.40. The normalized spacial score (nSPS) is 14.5. The van der Waals surface area contributed by atoms with Crippen LogP contribution in [0.1, 0.15) is 0 Å². The molecule has 0 aromatic heterocycles. The van der Waals surface area contributed by atoms with E-state index in [0.717, 1.165) is 11.5 Å². The lowest BCUT2D eigenvalue weighted by Crippen LogP contribution is -2.58. The lowest BCUT2D eigenvalue weighted by molar-refractivity contribution is 0.0447. The first-order valence-corrected chi connectivity index (χ1v) is 6.17. The second kappa shape index (κ2) is 6.13. The number of nitrogens with one attached hydrogen (secondary N) is 1. The fourth-order valence-corrected chi connectivity index (χ4v) is 1.82. The number of rotatable bonds is 5. The molecule has 1 heterocycles. The monoisotopic (exact) mass is 262 g/mol. The van der Waals surface area contributed by atoms with Gasteiger partial charge in [0.15, 0.2) is 0 Å². The van der Waals surface area contributed by atoms with Crippen LogP contribution in [0.25, 0.3) is 0 Å². The molecule has 2 rings (SSSR count). The first-order valence-electron chi connectivity index (χ1n) is 6.17. The molecule has 5 heteroatoms. The van der Waals surface area contributed by atoms with Gasteiger partial charge >= 0.3 is 6.03 Å². The summed E-state index contributed by atoms with van der Waals surface area (Å²) in [5.74, 6) is 1.52. The molecule has 1 aliphatic heterocycles.